The second-order valence-corrected chi connectivity index (χ2v) is 6.40. The molecule has 128 valence electrons. The summed E-state index contributed by atoms with van der Waals surface area (Å²) in [4.78, 5) is 12.3. The van der Waals surface area contributed by atoms with Gasteiger partial charge in [0.1, 0.15) is 11.8 Å². The molecule has 0 heterocycles. The van der Waals surface area contributed by atoms with Crippen molar-refractivity contribution < 1.29 is 14.8 Å². The second kappa shape index (κ2) is 9.45. The first-order chi connectivity index (χ1) is 11.6. The minimum Gasteiger partial charge on any atom is -0.492 e. The third kappa shape index (κ3) is 5.35. The van der Waals surface area contributed by atoms with Crippen LogP contribution in [0.3, 0.4) is 0 Å². The quantitative estimate of drug-likeness (QED) is 0.723. The molecular weight excluding hydrogens is 368 g/mol. The Kier molecular flexibility index (Phi) is 7.28. The molecule has 0 unspecified atom stereocenters. The Bertz CT molecular complexity index is 659. The molecule has 0 aromatic heterocycles. The van der Waals surface area contributed by atoms with Gasteiger partial charge in [0.05, 0.1) is 12.3 Å². The van der Waals surface area contributed by atoms with Crippen LogP contribution in [-0.2, 0) is 4.79 Å². The number of para-hydroxylation sites is 2. The maximum atomic E-state index is 12.3. The molecule has 0 spiro atoms. The van der Waals surface area contributed by atoms with E-state index in [-0.39, 0.29) is 11.9 Å². The number of anilines is 1. The monoisotopic (exact) mass is 391 g/mol. The van der Waals surface area contributed by atoms with E-state index in [1.54, 1.807) is 0 Å². The summed E-state index contributed by atoms with van der Waals surface area (Å²) < 4.78 is 6.60. The number of hydrogen-bond donors (Lipinski definition) is 2. The van der Waals surface area contributed by atoms with E-state index in [1.807, 2.05) is 43.3 Å². The second-order valence-electron chi connectivity index (χ2n) is 5.48. The van der Waals surface area contributed by atoms with Crippen molar-refractivity contribution in [2.75, 3.05) is 18.5 Å². The first-order valence-electron chi connectivity index (χ1n) is 8.24. The fourth-order valence-corrected chi connectivity index (χ4v) is 2.81. The lowest BCUT2D eigenvalue weighted by Gasteiger charge is -2.15. The molecule has 0 aliphatic carbocycles. The number of hydrogen-bond acceptors (Lipinski definition) is 2. The van der Waals surface area contributed by atoms with Gasteiger partial charge in [0.15, 0.2) is 6.54 Å². The van der Waals surface area contributed by atoms with E-state index < -0.39 is 0 Å². The van der Waals surface area contributed by atoms with Crippen molar-refractivity contribution in [2.45, 2.75) is 26.3 Å². The molecule has 1 amide bonds. The predicted octanol–water partition coefficient (Wildman–Crippen LogP) is 3.50. The van der Waals surface area contributed by atoms with E-state index in [0.717, 1.165) is 16.6 Å². The summed E-state index contributed by atoms with van der Waals surface area (Å²) in [7, 11) is 0. The Morgan fingerprint density at radius 1 is 1.17 bits per heavy atom. The van der Waals surface area contributed by atoms with Crippen LogP contribution in [0.1, 0.15) is 31.9 Å². The largest absolute Gasteiger partial charge is 0.492 e. The van der Waals surface area contributed by atoms with Gasteiger partial charge < -0.3 is 15.4 Å². The number of rotatable bonds is 8. The third-order valence-corrected chi connectivity index (χ3v) is 4.32. The summed E-state index contributed by atoms with van der Waals surface area (Å²) in [5, 5.41) is 5.00. The zero-order chi connectivity index (χ0) is 17.4. The Labute approximate surface area is 151 Å². The van der Waals surface area contributed by atoms with Crippen molar-refractivity contribution in [1.82, 2.24) is 0 Å². The lowest BCUT2D eigenvalue weighted by molar-refractivity contribution is -0.686. The topological polar surface area (TPSA) is 54.9 Å². The van der Waals surface area contributed by atoms with Gasteiger partial charge in [-0.05, 0) is 31.2 Å². The highest BCUT2D eigenvalue weighted by molar-refractivity contribution is 9.10. The van der Waals surface area contributed by atoms with Crippen LogP contribution in [0.25, 0.3) is 0 Å². The number of quaternary nitrogens is 1. The maximum absolute atomic E-state index is 12.3. The number of nitrogens with two attached hydrogens (primary N) is 1. The summed E-state index contributed by atoms with van der Waals surface area (Å²) in [5.74, 6) is 0.672. The molecule has 0 aliphatic rings. The summed E-state index contributed by atoms with van der Waals surface area (Å²) in [6.07, 6.45) is 0.963. The molecule has 0 saturated carbocycles. The van der Waals surface area contributed by atoms with Crippen LogP contribution in [0.4, 0.5) is 5.69 Å². The number of ether oxygens (including phenoxy) is 1. The van der Waals surface area contributed by atoms with Crippen molar-refractivity contribution in [1.29, 1.82) is 0 Å². The molecule has 1 atom stereocenters. The number of benzene rings is 2. The zero-order valence-electron chi connectivity index (χ0n) is 14.1. The number of nitrogens with one attached hydrogen (secondary N) is 1. The van der Waals surface area contributed by atoms with Crippen LogP contribution in [0, 0.1) is 0 Å². The van der Waals surface area contributed by atoms with Gasteiger partial charge in [-0.2, -0.15) is 0 Å². The minimum atomic E-state index is -0.0299. The molecule has 4 nitrogen and oxygen atoms in total. The lowest BCUT2D eigenvalue weighted by Crippen LogP contribution is -2.87. The molecule has 0 saturated heterocycles. The standard InChI is InChI=1S/C19H23BrN2O2/c1-3-16(14-9-11-15(20)12-10-14)21-13-19(23)22-17-7-5-6-8-18(17)24-4-2/h5-12,16,21H,3-4,13H2,1-2H3,(H,22,23)/p+1/t16-/m1/s1. The Morgan fingerprint density at radius 3 is 2.54 bits per heavy atom. The zero-order valence-corrected chi connectivity index (χ0v) is 15.7. The SMILES string of the molecule is CCOc1ccccc1NC(=O)C[NH2+][C@H](CC)c1ccc(Br)cc1. The van der Waals surface area contributed by atoms with E-state index in [0.29, 0.717) is 18.9 Å². The Morgan fingerprint density at radius 2 is 1.88 bits per heavy atom. The summed E-state index contributed by atoms with van der Waals surface area (Å²) in [6, 6.07) is 16.0. The van der Waals surface area contributed by atoms with E-state index in [4.69, 9.17) is 4.74 Å². The van der Waals surface area contributed by atoms with Crippen LogP contribution in [0.5, 0.6) is 5.75 Å². The molecule has 0 bridgehead atoms. The Hall–Kier alpha value is -1.85. The van der Waals surface area contributed by atoms with Crippen molar-refractivity contribution in [3.05, 3.63) is 58.6 Å². The normalized spacial score (nSPS) is 11.8. The fourth-order valence-electron chi connectivity index (χ4n) is 2.55. The molecule has 0 aliphatic heterocycles. The summed E-state index contributed by atoms with van der Waals surface area (Å²) in [6.45, 7) is 5.00. The summed E-state index contributed by atoms with van der Waals surface area (Å²) in [5.41, 5.74) is 1.94. The number of carbonyl (C=O) groups is 1. The van der Waals surface area contributed by atoms with Gasteiger partial charge in [0, 0.05) is 16.5 Å². The average Bonchev–Trinajstić information content (AvgIpc) is 2.59. The van der Waals surface area contributed by atoms with Crippen LogP contribution >= 0.6 is 15.9 Å². The number of amides is 1. The number of halogens is 1. The van der Waals surface area contributed by atoms with Crippen molar-refractivity contribution in [3.63, 3.8) is 0 Å². The van der Waals surface area contributed by atoms with Gasteiger partial charge >= 0.3 is 0 Å². The van der Waals surface area contributed by atoms with Crippen LogP contribution in [0.2, 0.25) is 0 Å². The van der Waals surface area contributed by atoms with Gasteiger partial charge in [-0.1, -0.05) is 47.1 Å². The highest BCUT2D eigenvalue weighted by Gasteiger charge is 2.15. The van der Waals surface area contributed by atoms with Gasteiger partial charge in [-0.25, -0.2) is 0 Å². The molecule has 2 rings (SSSR count). The highest BCUT2D eigenvalue weighted by Crippen LogP contribution is 2.23. The predicted molar refractivity (Wildman–Crippen MR) is 100 cm³/mol. The van der Waals surface area contributed by atoms with Crippen molar-refractivity contribution >= 4 is 27.5 Å². The molecule has 24 heavy (non-hydrogen) atoms. The van der Waals surface area contributed by atoms with Gasteiger partial charge in [0.25, 0.3) is 5.91 Å². The lowest BCUT2D eigenvalue weighted by atomic mass is 10.0. The molecule has 5 heteroatoms. The molecule has 0 radical (unpaired) electrons. The summed E-state index contributed by atoms with van der Waals surface area (Å²) >= 11 is 3.45. The smallest absolute Gasteiger partial charge is 0.279 e. The highest BCUT2D eigenvalue weighted by atomic mass is 79.9. The van der Waals surface area contributed by atoms with E-state index in [9.17, 15) is 4.79 Å². The fraction of sp³-hybridized carbons (Fsp3) is 0.316. The average molecular weight is 392 g/mol. The third-order valence-electron chi connectivity index (χ3n) is 3.79. The molecule has 2 aromatic carbocycles. The minimum absolute atomic E-state index is 0.0299. The van der Waals surface area contributed by atoms with E-state index in [2.05, 4.69) is 45.6 Å². The molecular formula is C19H24BrN2O2+. The number of carbonyl (C=O) groups excluding carboxylic acids is 1. The van der Waals surface area contributed by atoms with Crippen LogP contribution in [0.15, 0.2) is 53.0 Å². The van der Waals surface area contributed by atoms with Crippen LogP contribution in [-0.4, -0.2) is 19.1 Å². The van der Waals surface area contributed by atoms with E-state index in [1.165, 1.54) is 5.56 Å². The van der Waals surface area contributed by atoms with Crippen LogP contribution < -0.4 is 15.4 Å². The molecule has 2 aromatic rings. The molecule has 3 N–H and O–H groups in total. The molecule has 0 fully saturated rings. The first kappa shape index (κ1) is 18.5. The van der Waals surface area contributed by atoms with Gasteiger partial charge in [-0.3, -0.25) is 4.79 Å². The van der Waals surface area contributed by atoms with E-state index >= 15 is 0 Å². The van der Waals surface area contributed by atoms with Gasteiger partial charge in [0.2, 0.25) is 0 Å². The first-order valence-corrected chi connectivity index (χ1v) is 9.03. The Balaban J connectivity index is 1.93. The van der Waals surface area contributed by atoms with Crippen molar-refractivity contribution in [2.24, 2.45) is 0 Å². The van der Waals surface area contributed by atoms with Crippen molar-refractivity contribution in [3.8, 4) is 5.75 Å². The maximum Gasteiger partial charge on any atom is 0.279 e. The van der Waals surface area contributed by atoms with Gasteiger partial charge in [-0.15, -0.1) is 0 Å².